The fourth-order valence-electron chi connectivity index (χ4n) is 2.12. The number of benzene rings is 2. The van der Waals surface area contributed by atoms with Crippen LogP contribution >= 0.6 is 11.6 Å². The topological polar surface area (TPSA) is 29.3 Å². The molecule has 0 amide bonds. The van der Waals surface area contributed by atoms with Crippen LogP contribution in [0, 0.1) is 6.92 Å². The number of rotatable bonds is 3. The maximum absolute atomic E-state index is 6.30. The number of nitrogens with two attached hydrogens (primary N) is 1. The molecule has 0 unspecified atom stereocenters. The molecular weight excluding hydrogens is 256 g/mol. The predicted molar refractivity (Wildman–Crippen MR) is 84.2 cm³/mol. The molecule has 19 heavy (non-hydrogen) atoms. The van der Waals surface area contributed by atoms with Crippen LogP contribution in [0.1, 0.15) is 16.7 Å². The summed E-state index contributed by atoms with van der Waals surface area (Å²) in [7, 11) is 3.98. The minimum Gasteiger partial charge on any atom is -0.399 e. The van der Waals surface area contributed by atoms with Gasteiger partial charge in [-0.1, -0.05) is 23.7 Å². The van der Waals surface area contributed by atoms with Crippen molar-refractivity contribution in [1.29, 1.82) is 0 Å². The molecule has 0 fully saturated rings. The summed E-state index contributed by atoms with van der Waals surface area (Å²) in [5, 5.41) is 0.782. The van der Waals surface area contributed by atoms with E-state index in [0.29, 0.717) is 0 Å². The first-order chi connectivity index (χ1) is 8.97. The first kappa shape index (κ1) is 13.8. The van der Waals surface area contributed by atoms with Crippen molar-refractivity contribution in [2.45, 2.75) is 13.3 Å². The van der Waals surface area contributed by atoms with Crippen molar-refractivity contribution >= 4 is 23.0 Å². The van der Waals surface area contributed by atoms with Crippen LogP contribution in [0.5, 0.6) is 0 Å². The Kier molecular flexibility index (Phi) is 4.01. The van der Waals surface area contributed by atoms with Gasteiger partial charge in [0.1, 0.15) is 0 Å². The largest absolute Gasteiger partial charge is 0.399 e. The number of nitrogen functional groups attached to an aromatic ring is 1. The number of aryl methyl sites for hydroxylation is 1. The zero-order valence-corrected chi connectivity index (χ0v) is 12.3. The second-order valence-corrected chi connectivity index (χ2v) is 5.45. The summed E-state index contributed by atoms with van der Waals surface area (Å²) in [5.74, 6) is 0. The van der Waals surface area contributed by atoms with Gasteiger partial charge in [0, 0.05) is 19.8 Å². The highest BCUT2D eigenvalue weighted by Crippen LogP contribution is 2.27. The Balaban J connectivity index is 2.29. The normalized spacial score (nSPS) is 10.5. The van der Waals surface area contributed by atoms with Crippen molar-refractivity contribution in [3.05, 3.63) is 58.1 Å². The van der Waals surface area contributed by atoms with E-state index in [1.807, 2.05) is 37.2 Å². The monoisotopic (exact) mass is 274 g/mol. The zero-order valence-electron chi connectivity index (χ0n) is 11.6. The molecule has 3 heteroatoms. The lowest BCUT2D eigenvalue weighted by Gasteiger charge is -2.15. The minimum absolute atomic E-state index is 0.782. The van der Waals surface area contributed by atoms with E-state index in [1.54, 1.807) is 0 Å². The molecule has 0 aromatic heterocycles. The van der Waals surface area contributed by atoms with E-state index < -0.39 is 0 Å². The lowest BCUT2D eigenvalue weighted by Crippen LogP contribution is -2.09. The third-order valence-electron chi connectivity index (χ3n) is 3.26. The van der Waals surface area contributed by atoms with E-state index >= 15 is 0 Å². The molecule has 2 nitrogen and oxygen atoms in total. The van der Waals surface area contributed by atoms with Crippen LogP contribution in [0.2, 0.25) is 5.02 Å². The van der Waals surface area contributed by atoms with Gasteiger partial charge >= 0.3 is 0 Å². The molecule has 2 aromatic carbocycles. The van der Waals surface area contributed by atoms with Crippen LogP contribution < -0.4 is 10.6 Å². The highest BCUT2D eigenvalue weighted by Gasteiger charge is 2.06. The summed E-state index contributed by atoms with van der Waals surface area (Å²) in [6, 6.07) is 12.2. The summed E-state index contributed by atoms with van der Waals surface area (Å²) < 4.78 is 0. The van der Waals surface area contributed by atoms with E-state index in [-0.39, 0.29) is 0 Å². The highest BCUT2D eigenvalue weighted by atomic mass is 35.5. The van der Waals surface area contributed by atoms with Crippen molar-refractivity contribution in [2.75, 3.05) is 24.7 Å². The van der Waals surface area contributed by atoms with Crippen LogP contribution in [0.4, 0.5) is 11.4 Å². The molecule has 0 atom stereocenters. The van der Waals surface area contributed by atoms with Gasteiger partial charge in [-0.25, -0.2) is 0 Å². The molecule has 0 bridgehead atoms. The number of anilines is 2. The number of hydrogen-bond acceptors (Lipinski definition) is 2. The molecule has 0 radical (unpaired) electrons. The van der Waals surface area contributed by atoms with Gasteiger partial charge in [0.2, 0.25) is 0 Å². The molecule has 0 spiro atoms. The Bertz CT molecular complexity index is 591. The fraction of sp³-hybridized carbons (Fsp3) is 0.250. The van der Waals surface area contributed by atoms with Crippen molar-refractivity contribution in [1.82, 2.24) is 0 Å². The Morgan fingerprint density at radius 3 is 2.47 bits per heavy atom. The third kappa shape index (κ3) is 3.21. The molecular formula is C16H19ClN2. The summed E-state index contributed by atoms with van der Waals surface area (Å²) >= 11 is 6.30. The van der Waals surface area contributed by atoms with Gasteiger partial charge in [-0.2, -0.15) is 0 Å². The summed E-state index contributed by atoms with van der Waals surface area (Å²) in [6.45, 7) is 2.10. The van der Waals surface area contributed by atoms with Gasteiger partial charge in [0.15, 0.2) is 0 Å². The van der Waals surface area contributed by atoms with Crippen LogP contribution in [0.3, 0.4) is 0 Å². The molecule has 0 aliphatic heterocycles. The minimum atomic E-state index is 0.782. The van der Waals surface area contributed by atoms with Gasteiger partial charge in [0.25, 0.3) is 0 Å². The first-order valence-electron chi connectivity index (χ1n) is 6.28. The second kappa shape index (κ2) is 5.54. The predicted octanol–water partition coefficient (Wildman–Crippen LogP) is 3.89. The number of halogens is 1. The molecule has 2 rings (SSSR count). The van der Waals surface area contributed by atoms with Gasteiger partial charge < -0.3 is 10.6 Å². The maximum atomic E-state index is 6.30. The summed E-state index contributed by atoms with van der Waals surface area (Å²) in [5.41, 5.74) is 11.4. The lowest BCUT2D eigenvalue weighted by molar-refractivity contribution is 1.11. The maximum Gasteiger partial charge on any atom is 0.0642 e. The molecule has 0 aliphatic rings. The van der Waals surface area contributed by atoms with Gasteiger partial charge in [-0.05, 0) is 54.3 Å². The van der Waals surface area contributed by atoms with Crippen molar-refractivity contribution < 1.29 is 0 Å². The average Bonchev–Trinajstić information content (AvgIpc) is 2.33. The van der Waals surface area contributed by atoms with Crippen LogP contribution in [-0.2, 0) is 6.42 Å². The summed E-state index contributed by atoms with van der Waals surface area (Å²) in [6.07, 6.45) is 0.851. The van der Waals surface area contributed by atoms with Crippen molar-refractivity contribution in [2.24, 2.45) is 0 Å². The van der Waals surface area contributed by atoms with Crippen molar-refractivity contribution in [3.63, 3.8) is 0 Å². The van der Waals surface area contributed by atoms with E-state index in [0.717, 1.165) is 22.8 Å². The molecule has 0 heterocycles. The standard InChI is InChI=1S/C16H19ClN2/c1-11-4-6-14(18)10-13(11)8-12-5-7-16(19(2)3)15(17)9-12/h4-7,9-10H,8,18H2,1-3H3. The Morgan fingerprint density at radius 2 is 1.84 bits per heavy atom. The van der Waals surface area contributed by atoms with E-state index in [1.165, 1.54) is 16.7 Å². The van der Waals surface area contributed by atoms with Crippen LogP contribution in [0.25, 0.3) is 0 Å². The molecule has 0 saturated heterocycles. The Morgan fingerprint density at radius 1 is 1.11 bits per heavy atom. The van der Waals surface area contributed by atoms with Gasteiger partial charge in [-0.15, -0.1) is 0 Å². The molecule has 0 aliphatic carbocycles. The molecule has 2 N–H and O–H groups in total. The van der Waals surface area contributed by atoms with Crippen molar-refractivity contribution in [3.8, 4) is 0 Å². The number of hydrogen-bond donors (Lipinski definition) is 1. The van der Waals surface area contributed by atoms with Gasteiger partial charge in [-0.3, -0.25) is 0 Å². The van der Waals surface area contributed by atoms with Crippen LogP contribution in [0.15, 0.2) is 36.4 Å². The lowest BCUT2D eigenvalue weighted by atomic mass is 10.00. The van der Waals surface area contributed by atoms with Gasteiger partial charge in [0.05, 0.1) is 10.7 Å². The number of nitrogens with zero attached hydrogens (tertiary/aromatic N) is 1. The average molecular weight is 275 g/mol. The quantitative estimate of drug-likeness (QED) is 0.861. The Labute approximate surface area is 119 Å². The van der Waals surface area contributed by atoms with E-state index in [4.69, 9.17) is 17.3 Å². The van der Waals surface area contributed by atoms with Crippen LogP contribution in [-0.4, -0.2) is 14.1 Å². The molecule has 0 saturated carbocycles. The highest BCUT2D eigenvalue weighted by molar-refractivity contribution is 6.33. The zero-order chi connectivity index (χ0) is 14.0. The summed E-state index contributed by atoms with van der Waals surface area (Å²) in [4.78, 5) is 2.01. The smallest absolute Gasteiger partial charge is 0.0642 e. The Hall–Kier alpha value is -1.67. The molecule has 100 valence electrons. The fourth-order valence-corrected chi connectivity index (χ4v) is 2.50. The second-order valence-electron chi connectivity index (χ2n) is 5.04. The molecule has 2 aromatic rings. The SMILES string of the molecule is Cc1ccc(N)cc1Cc1ccc(N(C)C)c(Cl)c1. The van der Waals surface area contributed by atoms with E-state index in [2.05, 4.69) is 25.1 Å². The third-order valence-corrected chi connectivity index (χ3v) is 3.56. The first-order valence-corrected chi connectivity index (χ1v) is 6.66. The van der Waals surface area contributed by atoms with E-state index in [9.17, 15) is 0 Å².